The monoisotopic (exact) mass is 262 g/mol. The summed E-state index contributed by atoms with van der Waals surface area (Å²) in [5.74, 6) is 0.931. The van der Waals surface area contributed by atoms with Crippen molar-refractivity contribution in [2.75, 3.05) is 19.7 Å². The van der Waals surface area contributed by atoms with E-state index in [-0.39, 0.29) is 24.3 Å². The van der Waals surface area contributed by atoms with E-state index in [0.717, 1.165) is 24.4 Å². The number of hydrogen-bond donors (Lipinski definition) is 1. The number of ether oxygens (including phenoxy) is 2. The van der Waals surface area contributed by atoms with Crippen molar-refractivity contribution in [2.45, 2.75) is 38.1 Å². The molecule has 2 N–H and O–H groups in total. The molecule has 3 rings (SSSR count). The summed E-state index contributed by atoms with van der Waals surface area (Å²) >= 11 is 0. The Morgan fingerprint density at radius 3 is 2.58 bits per heavy atom. The van der Waals surface area contributed by atoms with Crippen molar-refractivity contribution < 1.29 is 9.47 Å². The first kappa shape index (κ1) is 12.9. The first-order chi connectivity index (χ1) is 9.15. The summed E-state index contributed by atoms with van der Waals surface area (Å²) in [6, 6.07) is 8.33. The molecule has 0 aliphatic carbocycles. The zero-order chi connectivity index (χ0) is 13.4. The molecule has 2 aliphatic heterocycles. The lowest BCUT2D eigenvalue weighted by Gasteiger charge is -2.44. The molecule has 1 aromatic rings. The molecule has 1 saturated heterocycles. The summed E-state index contributed by atoms with van der Waals surface area (Å²) in [6.45, 7) is 6.75. The van der Waals surface area contributed by atoms with Crippen molar-refractivity contribution in [2.24, 2.45) is 5.73 Å². The van der Waals surface area contributed by atoms with E-state index >= 15 is 0 Å². The quantitative estimate of drug-likeness (QED) is 0.834. The highest BCUT2D eigenvalue weighted by molar-refractivity contribution is 5.38. The Balaban J connectivity index is 1.80. The minimum Gasteiger partial charge on any atom is -0.492 e. The lowest BCUT2D eigenvalue weighted by atomic mass is 9.95. The van der Waals surface area contributed by atoms with Gasteiger partial charge in [0.15, 0.2) is 0 Å². The molecular weight excluding hydrogens is 240 g/mol. The molecule has 4 heteroatoms. The molecule has 4 nitrogen and oxygen atoms in total. The minimum absolute atomic E-state index is 0.0162. The number of benzene rings is 1. The van der Waals surface area contributed by atoms with Gasteiger partial charge in [0.1, 0.15) is 12.4 Å². The van der Waals surface area contributed by atoms with Gasteiger partial charge in [0.2, 0.25) is 0 Å². The van der Waals surface area contributed by atoms with Crippen molar-refractivity contribution in [1.82, 2.24) is 4.90 Å². The van der Waals surface area contributed by atoms with Gasteiger partial charge in [-0.1, -0.05) is 18.2 Å². The number of rotatable bonds is 1. The smallest absolute Gasteiger partial charge is 0.124 e. The fourth-order valence-corrected chi connectivity index (χ4v) is 3.19. The van der Waals surface area contributed by atoms with E-state index in [1.54, 1.807) is 0 Å². The van der Waals surface area contributed by atoms with Crippen LogP contribution in [0.5, 0.6) is 5.75 Å². The lowest BCUT2D eigenvalue weighted by molar-refractivity contribution is -0.0895. The summed E-state index contributed by atoms with van der Waals surface area (Å²) < 4.78 is 11.7. The van der Waals surface area contributed by atoms with E-state index in [4.69, 9.17) is 15.2 Å². The van der Waals surface area contributed by atoms with Gasteiger partial charge < -0.3 is 15.2 Å². The van der Waals surface area contributed by atoms with Crippen LogP contribution in [0.2, 0.25) is 0 Å². The summed E-state index contributed by atoms with van der Waals surface area (Å²) in [5.41, 5.74) is 7.57. The van der Waals surface area contributed by atoms with Gasteiger partial charge in [-0.05, 0) is 19.9 Å². The van der Waals surface area contributed by atoms with E-state index in [2.05, 4.69) is 24.8 Å². The SMILES string of the molecule is C[C@@H]1CN(C2COc3ccccc3C2N)C[C@H](C)O1. The van der Waals surface area contributed by atoms with Crippen molar-refractivity contribution in [3.05, 3.63) is 29.8 Å². The van der Waals surface area contributed by atoms with Crippen LogP contribution in [0.4, 0.5) is 0 Å². The summed E-state index contributed by atoms with van der Waals surface area (Å²) in [7, 11) is 0. The van der Waals surface area contributed by atoms with Gasteiger partial charge in [-0.25, -0.2) is 0 Å². The van der Waals surface area contributed by atoms with E-state index in [0.29, 0.717) is 6.61 Å². The predicted octanol–water partition coefficient (Wildman–Crippen LogP) is 1.56. The number of morpholine rings is 1. The van der Waals surface area contributed by atoms with Gasteiger partial charge in [-0.2, -0.15) is 0 Å². The van der Waals surface area contributed by atoms with Crippen molar-refractivity contribution in [3.63, 3.8) is 0 Å². The average Bonchev–Trinajstić information content (AvgIpc) is 2.38. The summed E-state index contributed by atoms with van der Waals surface area (Å²) in [6.07, 6.45) is 0.515. The Morgan fingerprint density at radius 1 is 1.16 bits per heavy atom. The maximum absolute atomic E-state index is 6.45. The van der Waals surface area contributed by atoms with Crippen LogP contribution in [0.25, 0.3) is 0 Å². The molecule has 104 valence electrons. The van der Waals surface area contributed by atoms with Crippen LogP contribution in [-0.4, -0.2) is 42.8 Å². The molecule has 1 fully saturated rings. The third kappa shape index (κ3) is 2.48. The van der Waals surface area contributed by atoms with Crippen LogP contribution in [0, 0.1) is 0 Å². The highest BCUT2D eigenvalue weighted by atomic mass is 16.5. The largest absolute Gasteiger partial charge is 0.492 e. The topological polar surface area (TPSA) is 47.7 Å². The van der Waals surface area contributed by atoms with Crippen LogP contribution in [0.3, 0.4) is 0 Å². The Morgan fingerprint density at radius 2 is 1.84 bits per heavy atom. The number of para-hydroxylation sites is 1. The van der Waals surface area contributed by atoms with E-state index in [1.807, 2.05) is 18.2 Å². The number of hydrogen-bond acceptors (Lipinski definition) is 4. The maximum Gasteiger partial charge on any atom is 0.124 e. The van der Waals surface area contributed by atoms with Gasteiger partial charge in [0, 0.05) is 18.7 Å². The maximum atomic E-state index is 6.45. The molecule has 0 bridgehead atoms. The molecule has 0 aromatic heterocycles. The van der Waals surface area contributed by atoms with Crippen LogP contribution in [-0.2, 0) is 4.74 Å². The van der Waals surface area contributed by atoms with Gasteiger partial charge in [-0.3, -0.25) is 4.90 Å². The molecule has 2 heterocycles. The highest BCUT2D eigenvalue weighted by Crippen LogP contribution is 2.33. The van der Waals surface area contributed by atoms with Gasteiger partial charge >= 0.3 is 0 Å². The van der Waals surface area contributed by atoms with E-state index in [1.165, 1.54) is 0 Å². The molecule has 19 heavy (non-hydrogen) atoms. The second kappa shape index (κ2) is 5.12. The molecule has 0 radical (unpaired) electrons. The minimum atomic E-state index is 0.0162. The van der Waals surface area contributed by atoms with Crippen LogP contribution < -0.4 is 10.5 Å². The van der Waals surface area contributed by atoms with Crippen LogP contribution in [0.1, 0.15) is 25.5 Å². The normalized spacial score (nSPS) is 35.5. The standard InChI is InChI=1S/C15H22N2O2/c1-10-7-17(8-11(2)19-10)13-9-18-14-6-4-3-5-12(14)15(13)16/h3-6,10-11,13,15H,7-9,16H2,1-2H3/t10-,11+,13?,15?. The molecule has 4 atom stereocenters. The molecule has 2 unspecified atom stereocenters. The number of nitrogens with zero attached hydrogens (tertiary/aromatic N) is 1. The summed E-state index contributed by atoms with van der Waals surface area (Å²) in [4.78, 5) is 2.42. The van der Waals surface area contributed by atoms with Gasteiger partial charge in [0.05, 0.1) is 24.3 Å². The third-order valence-corrected chi connectivity index (χ3v) is 4.02. The molecule has 0 saturated carbocycles. The number of nitrogens with two attached hydrogens (primary N) is 1. The lowest BCUT2D eigenvalue weighted by Crippen LogP contribution is -2.56. The van der Waals surface area contributed by atoms with Gasteiger partial charge in [0.25, 0.3) is 0 Å². The van der Waals surface area contributed by atoms with Crippen LogP contribution in [0.15, 0.2) is 24.3 Å². The molecule has 1 aromatic carbocycles. The van der Waals surface area contributed by atoms with E-state index < -0.39 is 0 Å². The zero-order valence-corrected chi connectivity index (χ0v) is 11.6. The van der Waals surface area contributed by atoms with E-state index in [9.17, 15) is 0 Å². The average molecular weight is 262 g/mol. The fraction of sp³-hybridized carbons (Fsp3) is 0.600. The van der Waals surface area contributed by atoms with Crippen molar-refractivity contribution in [1.29, 1.82) is 0 Å². The summed E-state index contributed by atoms with van der Waals surface area (Å²) in [5, 5.41) is 0. The second-order valence-corrected chi connectivity index (χ2v) is 5.65. The Hall–Kier alpha value is -1.10. The first-order valence-corrected chi connectivity index (χ1v) is 7.02. The molecule has 0 spiro atoms. The van der Waals surface area contributed by atoms with Crippen LogP contribution >= 0.6 is 0 Å². The second-order valence-electron chi connectivity index (χ2n) is 5.65. The predicted molar refractivity (Wildman–Crippen MR) is 74.2 cm³/mol. The molecule has 2 aliphatic rings. The Bertz CT molecular complexity index is 442. The molecule has 0 amide bonds. The third-order valence-electron chi connectivity index (χ3n) is 4.02. The highest BCUT2D eigenvalue weighted by Gasteiger charge is 2.35. The fourth-order valence-electron chi connectivity index (χ4n) is 3.19. The number of fused-ring (bicyclic) bond motifs is 1. The Kier molecular flexibility index (Phi) is 3.48. The first-order valence-electron chi connectivity index (χ1n) is 7.02. The Labute approximate surface area is 114 Å². The van der Waals surface area contributed by atoms with Gasteiger partial charge in [-0.15, -0.1) is 0 Å². The van der Waals surface area contributed by atoms with Crippen molar-refractivity contribution >= 4 is 0 Å². The zero-order valence-electron chi connectivity index (χ0n) is 11.6. The van der Waals surface area contributed by atoms with Crippen molar-refractivity contribution in [3.8, 4) is 5.75 Å². The molecular formula is C15H22N2O2.